The summed E-state index contributed by atoms with van der Waals surface area (Å²) >= 11 is 0. The number of amides is 2. The summed E-state index contributed by atoms with van der Waals surface area (Å²) in [4.78, 5) is 24.7. The van der Waals surface area contributed by atoms with Gasteiger partial charge < -0.3 is 19.9 Å². The van der Waals surface area contributed by atoms with Crippen LogP contribution in [0.25, 0.3) is 22.4 Å². The van der Waals surface area contributed by atoms with Gasteiger partial charge in [0.2, 0.25) is 5.91 Å². The molecule has 1 saturated heterocycles. The van der Waals surface area contributed by atoms with Gasteiger partial charge in [0.15, 0.2) is 0 Å². The summed E-state index contributed by atoms with van der Waals surface area (Å²) in [5.74, 6) is 0.137. The molecule has 39 heavy (non-hydrogen) atoms. The fourth-order valence-corrected chi connectivity index (χ4v) is 4.56. The standard InChI is InChI=1S/C30H29FN4O4/c1-19-27(29(34-39-19)23-6-4-3-5-7-23)17-32-15-21-8-10-22(11-9-21)26-13-12-24(14-28(26)31)35-18-25(38-30(35)37)16-33-20(2)36/h3-14,25,32H,15-18H2,1-2H3,(H,33,36)/t25-/m0/s1. The van der Waals surface area contributed by atoms with Crippen molar-refractivity contribution in [3.8, 4) is 22.4 Å². The topological polar surface area (TPSA) is 96.7 Å². The van der Waals surface area contributed by atoms with Crippen LogP contribution in [0, 0.1) is 12.7 Å². The summed E-state index contributed by atoms with van der Waals surface area (Å²) in [5.41, 5.74) is 5.49. The molecule has 1 aliphatic rings. The van der Waals surface area contributed by atoms with E-state index in [4.69, 9.17) is 9.26 Å². The van der Waals surface area contributed by atoms with Crippen molar-refractivity contribution in [1.82, 2.24) is 15.8 Å². The van der Waals surface area contributed by atoms with Crippen LogP contribution < -0.4 is 15.5 Å². The van der Waals surface area contributed by atoms with Crippen molar-refractivity contribution in [2.75, 3.05) is 18.0 Å². The SMILES string of the molecule is CC(=O)NC[C@H]1CN(c2ccc(-c3ccc(CNCc4c(-c5ccccc5)noc4C)cc3)c(F)c2)C(=O)O1. The highest BCUT2D eigenvalue weighted by atomic mass is 19.1. The van der Waals surface area contributed by atoms with Gasteiger partial charge in [-0.2, -0.15) is 0 Å². The molecule has 0 aliphatic carbocycles. The molecule has 4 aromatic rings. The molecule has 1 atom stereocenters. The third-order valence-electron chi connectivity index (χ3n) is 6.64. The van der Waals surface area contributed by atoms with Gasteiger partial charge in [-0.3, -0.25) is 9.69 Å². The van der Waals surface area contributed by atoms with E-state index in [1.54, 1.807) is 12.1 Å². The Morgan fingerprint density at radius 2 is 1.82 bits per heavy atom. The molecule has 0 saturated carbocycles. The number of nitrogens with one attached hydrogen (secondary N) is 2. The molecule has 1 aliphatic heterocycles. The number of halogens is 1. The zero-order valence-corrected chi connectivity index (χ0v) is 21.7. The van der Waals surface area contributed by atoms with Crippen molar-refractivity contribution < 1.29 is 23.2 Å². The molecule has 2 amide bonds. The lowest BCUT2D eigenvalue weighted by molar-refractivity contribution is -0.119. The van der Waals surface area contributed by atoms with Crippen LogP contribution in [-0.2, 0) is 22.6 Å². The molecule has 2 heterocycles. The highest BCUT2D eigenvalue weighted by Gasteiger charge is 2.32. The van der Waals surface area contributed by atoms with Gasteiger partial charge in [0.25, 0.3) is 0 Å². The molecule has 1 aromatic heterocycles. The second-order valence-corrected chi connectivity index (χ2v) is 9.45. The molecule has 9 heteroatoms. The lowest BCUT2D eigenvalue weighted by Gasteiger charge is -2.15. The number of hydrogen-bond donors (Lipinski definition) is 2. The average molecular weight is 529 g/mol. The smallest absolute Gasteiger partial charge is 0.414 e. The van der Waals surface area contributed by atoms with E-state index in [0.29, 0.717) is 24.3 Å². The summed E-state index contributed by atoms with van der Waals surface area (Å²) in [5, 5.41) is 10.3. The van der Waals surface area contributed by atoms with Crippen LogP contribution in [0.2, 0.25) is 0 Å². The Bertz CT molecular complexity index is 1470. The first-order valence-corrected chi connectivity index (χ1v) is 12.7. The van der Waals surface area contributed by atoms with E-state index in [0.717, 1.165) is 33.7 Å². The van der Waals surface area contributed by atoms with Crippen molar-refractivity contribution in [3.63, 3.8) is 0 Å². The van der Waals surface area contributed by atoms with Crippen molar-refractivity contribution in [2.45, 2.75) is 33.0 Å². The molecule has 5 rings (SSSR count). The largest absolute Gasteiger partial charge is 0.442 e. The maximum absolute atomic E-state index is 15.1. The predicted molar refractivity (Wildman–Crippen MR) is 145 cm³/mol. The number of ether oxygens (including phenoxy) is 1. The van der Waals surface area contributed by atoms with Gasteiger partial charge in [0.05, 0.1) is 18.8 Å². The Labute approximate surface area is 225 Å². The molecular weight excluding hydrogens is 499 g/mol. The van der Waals surface area contributed by atoms with Crippen LogP contribution in [0.3, 0.4) is 0 Å². The molecule has 2 N–H and O–H groups in total. The monoisotopic (exact) mass is 528 g/mol. The van der Waals surface area contributed by atoms with Crippen molar-refractivity contribution in [1.29, 1.82) is 0 Å². The maximum Gasteiger partial charge on any atom is 0.414 e. The lowest BCUT2D eigenvalue weighted by atomic mass is 10.0. The molecule has 3 aromatic carbocycles. The lowest BCUT2D eigenvalue weighted by Crippen LogP contribution is -2.33. The third-order valence-corrected chi connectivity index (χ3v) is 6.64. The van der Waals surface area contributed by atoms with Gasteiger partial charge in [-0.1, -0.05) is 59.8 Å². The fourth-order valence-electron chi connectivity index (χ4n) is 4.56. The Hall–Kier alpha value is -4.50. The third kappa shape index (κ3) is 5.99. The predicted octanol–water partition coefficient (Wildman–Crippen LogP) is 5.21. The first-order valence-electron chi connectivity index (χ1n) is 12.7. The second kappa shape index (κ2) is 11.5. The number of cyclic esters (lactones) is 1. The van der Waals surface area contributed by atoms with Gasteiger partial charge in [0, 0.05) is 36.7 Å². The van der Waals surface area contributed by atoms with Crippen LogP contribution in [0.5, 0.6) is 0 Å². The highest BCUT2D eigenvalue weighted by molar-refractivity contribution is 5.90. The first kappa shape index (κ1) is 26.1. The summed E-state index contributed by atoms with van der Waals surface area (Å²) in [7, 11) is 0. The summed E-state index contributed by atoms with van der Waals surface area (Å²) in [6.07, 6.45) is -1.05. The van der Waals surface area contributed by atoms with Crippen LogP contribution in [0.15, 0.2) is 77.3 Å². The minimum Gasteiger partial charge on any atom is -0.442 e. The molecule has 1 fully saturated rings. The van der Waals surface area contributed by atoms with E-state index in [9.17, 15) is 9.59 Å². The zero-order chi connectivity index (χ0) is 27.4. The van der Waals surface area contributed by atoms with E-state index in [1.165, 1.54) is 17.9 Å². The fraction of sp³-hybridized carbons (Fsp3) is 0.233. The van der Waals surface area contributed by atoms with E-state index < -0.39 is 18.0 Å². The number of carbonyl (C=O) groups is 2. The van der Waals surface area contributed by atoms with E-state index in [1.807, 2.05) is 61.5 Å². The Balaban J connectivity index is 1.20. The molecule has 200 valence electrons. The Kier molecular flexibility index (Phi) is 7.69. The molecule has 0 unspecified atom stereocenters. The van der Waals surface area contributed by atoms with Gasteiger partial charge in [-0.25, -0.2) is 9.18 Å². The first-order chi connectivity index (χ1) is 18.9. The Morgan fingerprint density at radius 3 is 2.54 bits per heavy atom. The van der Waals surface area contributed by atoms with Gasteiger partial charge in [-0.15, -0.1) is 0 Å². The molecular formula is C30H29FN4O4. The number of nitrogens with zero attached hydrogens (tertiary/aromatic N) is 2. The summed E-state index contributed by atoms with van der Waals surface area (Å²) < 4.78 is 25.8. The second-order valence-electron chi connectivity index (χ2n) is 9.45. The Morgan fingerprint density at radius 1 is 1.05 bits per heavy atom. The number of hydrogen-bond acceptors (Lipinski definition) is 6. The van der Waals surface area contributed by atoms with E-state index in [2.05, 4.69) is 15.8 Å². The van der Waals surface area contributed by atoms with E-state index >= 15 is 4.39 Å². The van der Waals surface area contributed by atoms with Gasteiger partial charge in [-0.05, 0) is 36.2 Å². The normalized spacial score (nSPS) is 14.9. The average Bonchev–Trinajstić information content (AvgIpc) is 3.50. The number of rotatable bonds is 9. The minimum atomic E-state index is -0.563. The van der Waals surface area contributed by atoms with Crippen LogP contribution >= 0.6 is 0 Å². The molecule has 0 spiro atoms. The van der Waals surface area contributed by atoms with Gasteiger partial charge >= 0.3 is 6.09 Å². The number of anilines is 1. The number of benzene rings is 3. The van der Waals surface area contributed by atoms with Crippen molar-refractivity contribution in [2.24, 2.45) is 0 Å². The molecule has 0 radical (unpaired) electrons. The number of aryl methyl sites for hydroxylation is 1. The minimum absolute atomic E-state index is 0.204. The number of aromatic nitrogens is 1. The highest BCUT2D eigenvalue weighted by Crippen LogP contribution is 2.29. The maximum atomic E-state index is 15.1. The van der Waals surface area contributed by atoms with Crippen LogP contribution in [0.4, 0.5) is 14.9 Å². The molecule has 0 bridgehead atoms. The van der Waals surface area contributed by atoms with Crippen LogP contribution in [-0.4, -0.2) is 36.4 Å². The van der Waals surface area contributed by atoms with E-state index in [-0.39, 0.29) is 19.0 Å². The van der Waals surface area contributed by atoms with Crippen LogP contribution in [0.1, 0.15) is 23.8 Å². The summed E-state index contributed by atoms with van der Waals surface area (Å²) in [6, 6.07) is 22.3. The van der Waals surface area contributed by atoms with Crippen molar-refractivity contribution >= 4 is 17.7 Å². The quantitative estimate of drug-likeness (QED) is 0.310. The van der Waals surface area contributed by atoms with Gasteiger partial charge in [0.1, 0.15) is 23.4 Å². The zero-order valence-electron chi connectivity index (χ0n) is 21.7. The number of carbonyl (C=O) groups excluding carboxylic acids is 2. The summed E-state index contributed by atoms with van der Waals surface area (Å²) in [6.45, 7) is 4.97. The van der Waals surface area contributed by atoms with Crippen molar-refractivity contribution in [3.05, 3.63) is 95.5 Å². The molecule has 8 nitrogen and oxygen atoms in total.